The van der Waals surface area contributed by atoms with E-state index >= 15 is 0 Å². The van der Waals surface area contributed by atoms with Crippen LogP contribution in [-0.4, -0.2) is 0 Å². The van der Waals surface area contributed by atoms with E-state index in [9.17, 15) is 0 Å². The summed E-state index contributed by atoms with van der Waals surface area (Å²) < 4.78 is 1.13. The average molecular weight is 310 g/mol. The molecule has 17 heavy (non-hydrogen) atoms. The fraction of sp³-hybridized carbons (Fsp3) is 0.286. The Balaban J connectivity index is 2.24. The first-order chi connectivity index (χ1) is 8.20. The first-order valence-corrected chi connectivity index (χ1v) is 7.46. The predicted octanol–water partition coefficient (Wildman–Crippen LogP) is 4.51. The highest BCUT2D eigenvalue weighted by atomic mass is 79.9. The summed E-state index contributed by atoms with van der Waals surface area (Å²) in [6.07, 6.45) is 2.29. The van der Waals surface area contributed by atoms with Gasteiger partial charge in [-0.25, -0.2) is 0 Å². The van der Waals surface area contributed by atoms with E-state index in [1.165, 1.54) is 23.1 Å². The summed E-state index contributed by atoms with van der Waals surface area (Å²) in [5, 5.41) is 2.11. The molecule has 3 heteroatoms. The Bertz CT molecular complexity index is 492. The summed E-state index contributed by atoms with van der Waals surface area (Å²) in [5.74, 6) is 0. The topological polar surface area (TPSA) is 26.0 Å². The van der Waals surface area contributed by atoms with Gasteiger partial charge in [-0.15, -0.1) is 11.3 Å². The standard InChI is InChI=1S/C14H16BrNS/c1-2-4-10-5-3-6-11(7-10)14(16)12-8-13(15)17-9-12/h3,5-9,14H,2,4,16H2,1H3. The lowest BCUT2D eigenvalue weighted by Crippen LogP contribution is -2.11. The molecule has 0 radical (unpaired) electrons. The minimum absolute atomic E-state index is 0.0191. The van der Waals surface area contributed by atoms with Crippen LogP contribution in [0.5, 0.6) is 0 Å². The number of nitrogens with two attached hydrogens (primary N) is 1. The maximum atomic E-state index is 6.28. The van der Waals surface area contributed by atoms with Crippen molar-refractivity contribution < 1.29 is 0 Å². The average Bonchev–Trinajstić information content (AvgIpc) is 2.76. The maximum absolute atomic E-state index is 6.28. The molecule has 90 valence electrons. The number of hydrogen-bond acceptors (Lipinski definition) is 2. The van der Waals surface area contributed by atoms with E-state index in [0.717, 1.165) is 10.2 Å². The van der Waals surface area contributed by atoms with E-state index in [-0.39, 0.29) is 6.04 Å². The summed E-state index contributed by atoms with van der Waals surface area (Å²) in [4.78, 5) is 0. The first-order valence-electron chi connectivity index (χ1n) is 5.79. The van der Waals surface area contributed by atoms with Gasteiger partial charge in [0.25, 0.3) is 0 Å². The van der Waals surface area contributed by atoms with Gasteiger partial charge in [0.15, 0.2) is 0 Å². The van der Waals surface area contributed by atoms with E-state index in [2.05, 4.69) is 58.6 Å². The molecule has 1 atom stereocenters. The fourth-order valence-electron chi connectivity index (χ4n) is 1.91. The molecule has 0 fully saturated rings. The van der Waals surface area contributed by atoms with Crippen LogP contribution >= 0.6 is 27.3 Å². The van der Waals surface area contributed by atoms with Gasteiger partial charge in [-0.3, -0.25) is 0 Å². The second kappa shape index (κ2) is 5.80. The minimum Gasteiger partial charge on any atom is -0.320 e. The summed E-state index contributed by atoms with van der Waals surface area (Å²) in [7, 11) is 0. The van der Waals surface area contributed by atoms with Crippen molar-refractivity contribution in [1.82, 2.24) is 0 Å². The van der Waals surface area contributed by atoms with Crippen LogP contribution in [0.1, 0.15) is 36.1 Å². The van der Waals surface area contributed by atoms with E-state index in [4.69, 9.17) is 5.73 Å². The van der Waals surface area contributed by atoms with Gasteiger partial charge < -0.3 is 5.73 Å². The summed E-state index contributed by atoms with van der Waals surface area (Å²) in [6, 6.07) is 10.7. The van der Waals surface area contributed by atoms with Gasteiger partial charge in [0.05, 0.1) is 9.83 Å². The van der Waals surface area contributed by atoms with Gasteiger partial charge in [0.1, 0.15) is 0 Å². The maximum Gasteiger partial charge on any atom is 0.0701 e. The molecule has 0 bridgehead atoms. The van der Waals surface area contributed by atoms with Crippen molar-refractivity contribution in [3.63, 3.8) is 0 Å². The molecular formula is C14H16BrNS. The van der Waals surface area contributed by atoms with Crippen LogP contribution < -0.4 is 5.73 Å². The quantitative estimate of drug-likeness (QED) is 0.883. The molecule has 0 amide bonds. The Morgan fingerprint density at radius 3 is 2.76 bits per heavy atom. The second-order valence-corrected chi connectivity index (χ2v) is 6.45. The minimum atomic E-state index is -0.0191. The molecule has 0 spiro atoms. The molecule has 0 saturated carbocycles. The number of hydrogen-bond donors (Lipinski definition) is 1. The van der Waals surface area contributed by atoms with Crippen LogP contribution in [0.2, 0.25) is 0 Å². The van der Waals surface area contributed by atoms with Gasteiger partial charge in [-0.1, -0.05) is 37.6 Å². The Labute approximate surface area is 115 Å². The van der Waals surface area contributed by atoms with Gasteiger partial charge >= 0.3 is 0 Å². The molecule has 0 saturated heterocycles. The summed E-state index contributed by atoms with van der Waals surface area (Å²) >= 11 is 5.15. The van der Waals surface area contributed by atoms with Crippen LogP contribution in [0, 0.1) is 0 Å². The highest BCUT2D eigenvalue weighted by Gasteiger charge is 2.10. The van der Waals surface area contributed by atoms with E-state index < -0.39 is 0 Å². The van der Waals surface area contributed by atoms with E-state index in [1.54, 1.807) is 11.3 Å². The third-order valence-corrected chi connectivity index (χ3v) is 4.32. The number of halogens is 1. The van der Waals surface area contributed by atoms with E-state index in [1.807, 2.05) is 0 Å². The Hall–Kier alpha value is -0.640. The zero-order valence-electron chi connectivity index (χ0n) is 9.82. The van der Waals surface area contributed by atoms with Crippen molar-refractivity contribution in [3.8, 4) is 0 Å². The van der Waals surface area contributed by atoms with Gasteiger partial charge in [-0.2, -0.15) is 0 Å². The number of thiophene rings is 1. The Kier molecular flexibility index (Phi) is 4.37. The molecule has 1 unspecified atom stereocenters. The molecule has 2 N–H and O–H groups in total. The van der Waals surface area contributed by atoms with Crippen molar-refractivity contribution in [1.29, 1.82) is 0 Å². The van der Waals surface area contributed by atoms with Crippen molar-refractivity contribution in [2.45, 2.75) is 25.8 Å². The van der Waals surface area contributed by atoms with Crippen molar-refractivity contribution >= 4 is 27.3 Å². The van der Waals surface area contributed by atoms with Gasteiger partial charge in [0, 0.05) is 0 Å². The summed E-state index contributed by atoms with van der Waals surface area (Å²) in [6.45, 7) is 2.20. The van der Waals surface area contributed by atoms with Gasteiger partial charge in [0.2, 0.25) is 0 Å². The molecule has 1 aromatic carbocycles. The number of rotatable bonds is 4. The lowest BCUT2D eigenvalue weighted by atomic mass is 9.99. The third-order valence-electron chi connectivity index (χ3n) is 2.80. The van der Waals surface area contributed by atoms with E-state index in [0.29, 0.717) is 0 Å². The van der Waals surface area contributed by atoms with Crippen molar-refractivity contribution in [2.75, 3.05) is 0 Å². The summed E-state index contributed by atoms with van der Waals surface area (Å²) in [5.41, 5.74) is 10.0. The molecule has 2 rings (SSSR count). The lowest BCUT2D eigenvalue weighted by Gasteiger charge is -2.11. The normalized spacial score (nSPS) is 12.6. The molecule has 1 nitrogen and oxygen atoms in total. The third kappa shape index (κ3) is 3.18. The molecule has 0 aliphatic heterocycles. The van der Waals surface area contributed by atoms with Crippen LogP contribution in [0.3, 0.4) is 0 Å². The number of benzene rings is 1. The van der Waals surface area contributed by atoms with Crippen LogP contribution in [-0.2, 0) is 6.42 Å². The highest BCUT2D eigenvalue weighted by Crippen LogP contribution is 2.28. The molecule has 1 heterocycles. The molecular weight excluding hydrogens is 294 g/mol. The number of aryl methyl sites for hydroxylation is 1. The molecule has 0 aliphatic rings. The largest absolute Gasteiger partial charge is 0.320 e. The van der Waals surface area contributed by atoms with Crippen LogP contribution in [0.15, 0.2) is 39.5 Å². The lowest BCUT2D eigenvalue weighted by molar-refractivity contribution is 0.862. The Morgan fingerprint density at radius 2 is 2.12 bits per heavy atom. The molecule has 2 aromatic rings. The molecule has 1 aromatic heterocycles. The predicted molar refractivity (Wildman–Crippen MR) is 78.5 cm³/mol. The van der Waals surface area contributed by atoms with Crippen LogP contribution in [0.25, 0.3) is 0 Å². The van der Waals surface area contributed by atoms with Crippen molar-refractivity contribution in [3.05, 3.63) is 56.2 Å². The smallest absolute Gasteiger partial charge is 0.0701 e. The van der Waals surface area contributed by atoms with Crippen molar-refractivity contribution in [2.24, 2.45) is 5.73 Å². The zero-order valence-corrected chi connectivity index (χ0v) is 12.2. The fourth-order valence-corrected chi connectivity index (χ4v) is 3.12. The zero-order chi connectivity index (χ0) is 12.3. The second-order valence-electron chi connectivity index (χ2n) is 4.16. The Morgan fingerprint density at radius 1 is 1.29 bits per heavy atom. The van der Waals surface area contributed by atoms with Gasteiger partial charge in [-0.05, 0) is 50.5 Å². The van der Waals surface area contributed by atoms with Crippen LogP contribution in [0.4, 0.5) is 0 Å². The SMILES string of the molecule is CCCc1cccc(C(N)c2csc(Br)c2)c1. The highest BCUT2D eigenvalue weighted by molar-refractivity contribution is 9.11. The molecule has 0 aliphatic carbocycles. The first kappa shape index (κ1) is 12.8. The monoisotopic (exact) mass is 309 g/mol.